The van der Waals surface area contributed by atoms with E-state index < -0.39 is 87.9 Å². The summed E-state index contributed by atoms with van der Waals surface area (Å²) >= 11 is 0. The molecule has 2 heterocycles. The molecular weight excluding hydrogens is 566 g/mol. The second kappa shape index (κ2) is 9.45. The topological polar surface area (TPSA) is 193 Å². The Labute approximate surface area is 246 Å². The number of phenolic OH excluding ortho intramolecular Hbond substituents is 2. The lowest BCUT2D eigenvalue weighted by molar-refractivity contribution is -0.311. The zero-order valence-electron chi connectivity index (χ0n) is 24.4. The number of aromatic hydroxyl groups is 2. The Balaban J connectivity index is 1.61. The molecule has 2 aliphatic carbocycles. The minimum atomic E-state index is -1.71. The molecule has 13 heteroatoms. The zero-order valence-corrected chi connectivity index (χ0v) is 24.4. The molecule has 2 aromatic carbocycles. The number of nitrogens with zero attached hydrogens (tertiary/aromatic N) is 1. The number of carbonyl (C=O) groups excluding carboxylic acids is 3. The number of benzene rings is 2. The number of methoxy groups -OCH3 is 2. The van der Waals surface area contributed by atoms with Crippen LogP contribution >= 0.6 is 0 Å². The predicted molar refractivity (Wildman–Crippen MR) is 145 cm³/mol. The predicted octanol–water partition coefficient (Wildman–Crippen LogP) is 0.588. The Morgan fingerprint density at radius 3 is 2.33 bits per heavy atom. The van der Waals surface area contributed by atoms with Crippen LogP contribution in [0.5, 0.6) is 17.2 Å². The normalized spacial score (nSPS) is 34.1. The summed E-state index contributed by atoms with van der Waals surface area (Å²) in [6.45, 7) is 2.93. The molecular formula is C30H33NO12. The number of esters is 1. The average molecular weight is 600 g/mol. The third kappa shape index (κ3) is 3.76. The summed E-state index contributed by atoms with van der Waals surface area (Å²) in [6.07, 6.45) is -5.13. The lowest BCUT2D eigenvalue weighted by Gasteiger charge is -2.53. The number of phenols is 2. The summed E-state index contributed by atoms with van der Waals surface area (Å²) in [6, 6.07) is 1.58. The number of carbonyl (C=O) groups is 3. The van der Waals surface area contributed by atoms with E-state index in [4.69, 9.17) is 18.9 Å². The van der Waals surface area contributed by atoms with Gasteiger partial charge in [0.1, 0.15) is 41.0 Å². The van der Waals surface area contributed by atoms with Crippen molar-refractivity contribution >= 4 is 17.5 Å². The maximum absolute atomic E-state index is 14.3. The molecule has 1 saturated heterocycles. The van der Waals surface area contributed by atoms with Gasteiger partial charge in [0.15, 0.2) is 5.78 Å². The van der Waals surface area contributed by atoms with Gasteiger partial charge < -0.3 is 49.4 Å². The van der Waals surface area contributed by atoms with Crippen molar-refractivity contribution in [3.8, 4) is 17.2 Å². The molecule has 8 atom stereocenters. The minimum absolute atomic E-state index is 0.0394. The van der Waals surface area contributed by atoms with E-state index in [9.17, 15) is 39.9 Å². The molecule has 0 amide bonds. The maximum atomic E-state index is 14.3. The van der Waals surface area contributed by atoms with Crippen molar-refractivity contribution in [2.45, 2.75) is 68.0 Å². The Morgan fingerprint density at radius 2 is 1.72 bits per heavy atom. The lowest BCUT2D eigenvalue weighted by atomic mass is 9.68. The molecule has 2 aromatic rings. The van der Waals surface area contributed by atoms with Crippen LogP contribution in [0.3, 0.4) is 0 Å². The van der Waals surface area contributed by atoms with Crippen molar-refractivity contribution in [2.75, 3.05) is 28.3 Å². The van der Waals surface area contributed by atoms with Gasteiger partial charge in [-0.25, -0.2) is 0 Å². The van der Waals surface area contributed by atoms with Gasteiger partial charge in [0.05, 0.1) is 41.5 Å². The molecule has 0 spiro atoms. The highest BCUT2D eigenvalue weighted by atomic mass is 16.7. The smallest absolute Gasteiger partial charge is 0.316 e. The van der Waals surface area contributed by atoms with Gasteiger partial charge in [0.2, 0.25) is 12.1 Å². The first-order valence-electron chi connectivity index (χ1n) is 13.7. The van der Waals surface area contributed by atoms with Crippen LogP contribution < -0.4 is 4.74 Å². The average Bonchev–Trinajstić information content (AvgIpc) is 2.93. The molecule has 5 N–H and O–H groups in total. The summed E-state index contributed by atoms with van der Waals surface area (Å²) < 4.78 is 22.4. The van der Waals surface area contributed by atoms with E-state index in [1.807, 2.05) is 0 Å². The largest absolute Gasteiger partial charge is 0.507 e. The molecule has 0 aromatic heterocycles. The van der Waals surface area contributed by atoms with Crippen LogP contribution in [0.4, 0.5) is 0 Å². The van der Waals surface area contributed by atoms with E-state index in [2.05, 4.69) is 0 Å². The molecule has 230 valence electrons. The number of rotatable bonds is 3. The number of aliphatic hydroxyl groups is 3. The van der Waals surface area contributed by atoms with Crippen LogP contribution in [0.2, 0.25) is 0 Å². The monoisotopic (exact) mass is 599 g/mol. The number of hydrogen-bond acceptors (Lipinski definition) is 13. The summed E-state index contributed by atoms with van der Waals surface area (Å²) in [4.78, 5) is 42.8. The van der Waals surface area contributed by atoms with Crippen LogP contribution in [-0.2, 0) is 24.6 Å². The third-order valence-corrected chi connectivity index (χ3v) is 9.37. The molecule has 1 fully saturated rings. The summed E-state index contributed by atoms with van der Waals surface area (Å²) in [7, 11) is 5.79. The molecule has 6 rings (SSSR count). The first kappa shape index (κ1) is 29.5. The Kier molecular flexibility index (Phi) is 6.48. The second-order valence-corrected chi connectivity index (χ2v) is 12.2. The molecule has 0 unspecified atom stereocenters. The van der Waals surface area contributed by atoms with Crippen molar-refractivity contribution in [1.29, 1.82) is 0 Å². The first-order chi connectivity index (χ1) is 20.1. The molecule has 13 nitrogen and oxygen atoms in total. The summed E-state index contributed by atoms with van der Waals surface area (Å²) in [5, 5.41) is 56.3. The van der Waals surface area contributed by atoms with E-state index in [0.29, 0.717) is 0 Å². The Hall–Kier alpha value is -3.59. The molecule has 2 bridgehead atoms. The number of ketones is 2. The number of fused-ring (bicyclic) bond motifs is 8. The number of aliphatic hydroxyl groups excluding tert-OH is 2. The van der Waals surface area contributed by atoms with E-state index in [-0.39, 0.29) is 40.0 Å². The van der Waals surface area contributed by atoms with E-state index in [0.717, 1.165) is 7.11 Å². The molecule has 0 saturated carbocycles. The van der Waals surface area contributed by atoms with Crippen LogP contribution in [0, 0.1) is 0 Å². The van der Waals surface area contributed by atoms with Gasteiger partial charge in [0.25, 0.3) is 0 Å². The fourth-order valence-electron chi connectivity index (χ4n) is 7.24. The number of likely N-dealkylation sites (N-methyl/N-ethyl adjacent to an activating group) is 1. The molecule has 4 aliphatic rings. The summed E-state index contributed by atoms with van der Waals surface area (Å²) in [5.41, 5.74) is -4.63. The van der Waals surface area contributed by atoms with Crippen LogP contribution in [-0.4, -0.2) is 106 Å². The van der Waals surface area contributed by atoms with Crippen LogP contribution in [0.25, 0.3) is 0 Å². The van der Waals surface area contributed by atoms with Gasteiger partial charge in [-0.3, -0.25) is 14.4 Å². The standard InChI is InChI=1S/C30H33NO12/c1-29(39)9-14(40-5)15-10(19(29)27(38)41-6)7-11-16(22(15)34)23(35)17-13(32)8-12-25(18(17)21(11)33)42-28-24(36)20(31(3)4)26(37)30(12,2)43-28/h7-8,14,19-20,24,26,28,32,34,36-37,39H,9H2,1-6H3/t14-,19-,20-,24-,26+,28-,29+,30+/m0/s1. The van der Waals surface area contributed by atoms with E-state index in [1.165, 1.54) is 33.1 Å². The zero-order chi connectivity index (χ0) is 31.5. The second-order valence-electron chi connectivity index (χ2n) is 12.2. The Bertz CT molecular complexity index is 1600. The minimum Gasteiger partial charge on any atom is -0.507 e. The quantitative estimate of drug-likeness (QED) is 0.263. The van der Waals surface area contributed by atoms with Crippen molar-refractivity contribution < 1.29 is 58.9 Å². The van der Waals surface area contributed by atoms with Crippen LogP contribution in [0.15, 0.2) is 12.1 Å². The van der Waals surface area contributed by atoms with E-state index in [1.54, 1.807) is 19.0 Å². The highest BCUT2D eigenvalue weighted by Crippen LogP contribution is 2.55. The summed E-state index contributed by atoms with van der Waals surface area (Å²) in [5.74, 6) is -5.32. The lowest BCUT2D eigenvalue weighted by Crippen LogP contribution is -2.68. The third-order valence-electron chi connectivity index (χ3n) is 9.37. The fraction of sp³-hybridized carbons (Fsp3) is 0.500. The first-order valence-corrected chi connectivity index (χ1v) is 13.7. The van der Waals surface area contributed by atoms with Gasteiger partial charge in [0, 0.05) is 30.2 Å². The van der Waals surface area contributed by atoms with Gasteiger partial charge in [-0.2, -0.15) is 0 Å². The Morgan fingerprint density at radius 1 is 1.05 bits per heavy atom. The SMILES string of the molecule is COC(=O)[C@@H]1c2cc3c(c(O)c2[C@@H](OC)C[C@@]1(C)O)C(=O)c1c(O)cc2c(c1C3=O)O[C@H]1O[C@@]2(C)[C@H](O)[C@@H](N(C)C)[C@@H]1O. The molecule has 43 heavy (non-hydrogen) atoms. The number of hydrogen-bond donors (Lipinski definition) is 5. The van der Waals surface area contributed by atoms with Crippen LogP contribution in [0.1, 0.15) is 80.8 Å². The van der Waals surface area contributed by atoms with Crippen molar-refractivity contribution in [1.82, 2.24) is 4.90 Å². The fourth-order valence-corrected chi connectivity index (χ4v) is 7.24. The maximum Gasteiger partial charge on any atom is 0.316 e. The molecule has 2 aliphatic heterocycles. The highest BCUT2D eigenvalue weighted by Gasteiger charge is 2.59. The van der Waals surface area contributed by atoms with Gasteiger partial charge in [-0.05, 0) is 45.6 Å². The van der Waals surface area contributed by atoms with Crippen molar-refractivity contribution in [2.24, 2.45) is 0 Å². The van der Waals surface area contributed by atoms with Gasteiger partial charge >= 0.3 is 5.97 Å². The number of ether oxygens (including phenoxy) is 4. The van der Waals surface area contributed by atoms with Crippen molar-refractivity contribution in [3.05, 3.63) is 51.1 Å². The molecule has 0 radical (unpaired) electrons. The van der Waals surface area contributed by atoms with Gasteiger partial charge in [-0.1, -0.05) is 0 Å². The van der Waals surface area contributed by atoms with Gasteiger partial charge in [-0.15, -0.1) is 0 Å². The highest BCUT2D eigenvalue weighted by molar-refractivity contribution is 6.31. The van der Waals surface area contributed by atoms with Crippen molar-refractivity contribution in [3.63, 3.8) is 0 Å². The van der Waals surface area contributed by atoms with E-state index >= 15 is 0 Å².